The lowest BCUT2D eigenvalue weighted by molar-refractivity contribution is 0.880. The molecule has 0 aliphatic rings. The van der Waals surface area contributed by atoms with E-state index in [-0.39, 0.29) is 0 Å². The topological polar surface area (TPSA) is 26.0 Å². The Morgan fingerprint density at radius 1 is 1.44 bits per heavy atom. The highest BCUT2D eigenvalue weighted by Gasteiger charge is 2.12. The van der Waals surface area contributed by atoms with Crippen molar-refractivity contribution in [1.29, 1.82) is 0 Å². The fraction of sp³-hybridized carbons (Fsp3) is 0.667. The average molecular weight is 168 g/mol. The molecule has 0 unspecified atom stereocenters. The second-order valence-electron chi connectivity index (χ2n) is 1.98. The Bertz CT molecular complexity index is 93.7. The van der Waals surface area contributed by atoms with Crippen LogP contribution in [-0.4, -0.2) is 10.9 Å². The summed E-state index contributed by atoms with van der Waals surface area (Å²) in [7, 11) is 0. The number of hydrogen-bond acceptors (Lipinski definition) is 1. The molecule has 0 aromatic rings. The van der Waals surface area contributed by atoms with Crippen LogP contribution in [0, 0.1) is 0 Å². The molecule has 2 N–H and O–H groups in total. The lowest BCUT2D eigenvalue weighted by Gasteiger charge is -2.07. The number of alkyl halides is 2. The molecule has 54 valence electrons. The monoisotopic (exact) mass is 167 g/mol. The smallest absolute Gasteiger partial charge is 0.119 e. The maximum Gasteiger partial charge on any atom is 0.119 e. The highest BCUT2D eigenvalue weighted by molar-refractivity contribution is 6.48. The quantitative estimate of drug-likeness (QED) is 0.506. The molecule has 0 saturated carbocycles. The van der Waals surface area contributed by atoms with Crippen LogP contribution >= 0.6 is 23.2 Å². The molecule has 0 atom stereocenters. The number of hydrogen-bond donors (Lipinski definition) is 1. The summed E-state index contributed by atoms with van der Waals surface area (Å²) in [6.45, 7) is 2.29. The van der Waals surface area contributed by atoms with Crippen LogP contribution in [0.3, 0.4) is 0 Å². The maximum absolute atomic E-state index is 5.64. The van der Waals surface area contributed by atoms with Gasteiger partial charge in [-0.15, -0.1) is 23.2 Å². The van der Waals surface area contributed by atoms with Crippen LogP contribution in [0.2, 0.25) is 0 Å². The summed E-state index contributed by atoms with van der Waals surface area (Å²) < 4.78 is -0.647. The van der Waals surface area contributed by atoms with Gasteiger partial charge in [0.1, 0.15) is 4.33 Å². The van der Waals surface area contributed by atoms with E-state index < -0.39 is 4.33 Å². The zero-order chi connectivity index (χ0) is 7.33. The summed E-state index contributed by atoms with van der Waals surface area (Å²) >= 11 is 11.3. The van der Waals surface area contributed by atoms with E-state index in [1.165, 1.54) is 0 Å². The van der Waals surface area contributed by atoms with E-state index in [1.807, 2.05) is 12.2 Å². The molecule has 0 bridgehead atoms. The molecule has 9 heavy (non-hydrogen) atoms. The second-order valence-corrected chi connectivity index (χ2v) is 3.84. The van der Waals surface area contributed by atoms with Gasteiger partial charge in [0.15, 0.2) is 0 Å². The van der Waals surface area contributed by atoms with Crippen molar-refractivity contribution >= 4 is 23.2 Å². The Labute approximate surface area is 65.8 Å². The minimum Gasteiger partial charge on any atom is -0.327 e. The summed E-state index contributed by atoms with van der Waals surface area (Å²) in [5, 5.41) is 0. The van der Waals surface area contributed by atoms with Crippen molar-refractivity contribution in [3.8, 4) is 0 Å². The molecule has 0 spiro atoms. The van der Waals surface area contributed by atoms with E-state index in [0.29, 0.717) is 13.0 Å². The molecule has 0 aromatic heterocycles. The van der Waals surface area contributed by atoms with Crippen LogP contribution in [0.15, 0.2) is 12.2 Å². The van der Waals surface area contributed by atoms with Gasteiger partial charge in [0.2, 0.25) is 0 Å². The van der Waals surface area contributed by atoms with Crippen LogP contribution in [-0.2, 0) is 0 Å². The molecule has 3 heteroatoms. The highest BCUT2D eigenvalue weighted by Crippen LogP contribution is 2.23. The van der Waals surface area contributed by atoms with Gasteiger partial charge in [0.05, 0.1) is 0 Å². The zero-order valence-electron chi connectivity index (χ0n) is 5.40. The lowest BCUT2D eigenvalue weighted by Crippen LogP contribution is -2.03. The van der Waals surface area contributed by atoms with Gasteiger partial charge >= 0.3 is 0 Å². The van der Waals surface area contributed by atoms with Crippen LogP contribution < -0.4 is 5.73 Å². The normalized spacial score (nSPS) is 12.9. The average Bonchev–Trinajstić information content (AvgIpc) is 1.63. The van der Waals surface area contributed by atoms with Gasteiger partial charge in [-0.2, -0.15) is 0 Å². The fourth-order valence-corrected chi connectivity index (χ4v) is 0.565. The van der Waals surface area contributed by atoms with Crippen molar-refractivity contribution in [3.05, 3.63) is 12.2 Å². The molecule has 0 amide bonds. The van der Waals surface area contributed by atoms with Crippen LogP contribution in [0.25, 0.3) is 0 Å². The van der Waals surface area contributed by atoms with Crippen LogP contribution in [0.1, 0.15) is 13.3 Å². The van der Waals surface area contributed by atoms with E-state index >= 15 is 0 Å². The van der Waals surface area contributed by atoms with Crippen LogP contribution in [0.4, 0.5) is 0 Å². The Kier molecular flexibility index (Phi) is 4.28. The maximum atomic E-state index is 5.64. The van der Waals surface area contributed by atoms with Gasteiger partial charge in [-0.1, -0.05) is 12.2 Å². The minimum absolute atomic E-state index is 0.545. The van der Waals surface area contributed by atoms with Gasteiger partial charge in [-0.3, -0.25) is 0 Å². The first-order valence-electron chi connectivity index (χ1n) is 2.79. The van der Waals surface area contributed by atoms with Gasteiger partial charge in [-0.05, 0) is 13.3 Å². The largest absolute Gasteiger partial charge is 0.327 e. The van der Waals surface area contributed by atoms with E-state index in [9.17, 15) is 0 Å². The van der Waals surface area contributed by atoms with Crippen molar-refractivity contribution in [3.63, 3.8) is 0 Å². The highest BCUT2D eigenvalue weighted by atomic mass is 35.5. The number of allylic oxidation sites excluding steroid dienone is 1. The SMILES string of the molecule is CC(Cl)(Cl)C/C=C/CN. The van der Waals surface area contributed by atoms with Crippen molar-refractivity contribution in [1.82, 2.24) is 0 Å². The minimum atomic E-state index is -0.647. The third-order valence-electron chi connectivity index (χ3n) is 0.779. The molecule has 1 nitrogen and oxygen atoms in total. The van der Waals surface area contributed by atoms with Gasteiger partial charge < -0.3 is 5.73 Å². The zero-order valence-corrected chi connectivity index (χ0v) is 6.91. The van der Waals surface area contributed by atoms with Gasteiger partial charge in [-0.25, -0.2) is 0 Å². The van der Waals surface area contributed by atoms with Crippen LogP contribution in [0.5, 0.6) is 0 Å². The second kappa shape index (κ2) is 4.15. The van der Waals surface area contributed by atoms with Gasteiger partial charge in [0.25, 0.3) is 0 Å². The third-order valence-corrected chi connectivity index (χ3v) is 1.09. The molecule has 0 radical (unpaired) electrons. The molecule has 0 aromatic carbocycles. The van der Waals surface area contributed by atoms with Crippen molar-refractivity contribution in [2.24, 2.45) is 5.73 Å². The van der Waals surface area contributed by atoms with E-state index in [2.05, 4.69) is 0 Å². The fourth-order valence-electron chi connectivity index (χ4n) is 0.386. The van der Waals surface area contributed by atoms with E-state index in [4.69, 9.17) is 28.9 Å². The predicted molar refractivity (Wildman–Crippen MR) is 42.9 cm³/mol. The Morgan fingerprint density at radius 2 is 2.00 bits per heavy atom. The molecule has 0 rings (SSSR count). The molecule has 0 saturated heterocycles. The van der Waals surface area contributed by atoms with Crippen molar-refractivity contribution < 1.29 is 0 Å². The number of halogens is 2. The Morgan fingerprint density at radius 3 is 2.33 bits per heavy atom. The number of nitrogens with two attached hydrogens (primary N) is 1. The molecular weight excluding hydrogens is 157 g/mol. The lowest BCUT2D eigenvalue weighted by atomic mass is 10.3. The molecule has 0 heterocycles. The first kappa shape index (κ1) is 9.28. The van der Waals surface area contributed by atoms with Gasteiger partial charge in [0, 0.05) is 6.54 Å². The number of rotatable bonds is 3. The van der Waals surface area contributed by atoms with E-state index in [1.54, 1.807) is 6.92 Å². The summed E-state index contributed by atoms with van der Waals surface area (Å²) in [6.07, 6.45) is 4.36. The summed E-state index contributed by atoms with van der Waals surface area (Å²) in [6, 6.07) is 0. The summed E-state index contributed by atoms with van der Waals surface area (Å²) in [4.78, 5) is 0. The third kappa shape index (κ3) is 8.28. The predicted octanol–water partition coefficient (Wildman–Crippen LogP) is 2.09. The standard InChI is InChI=1S/C6H11Cl2N/c1-6(7,8)4-2-3-5-9/h2-3H,4-5,9H2,1H3/b3-2+. The summed E-state index contributed by atoms with van der Waals surface area (Å²) in [5.41, 5.74) is 5.18. The Balaban J connectivity index is 3.38. The van der Waals surface area contributed by atoms with Crippen molar-refractivity contribution in [2.45, 2.75) is 17.7 Å². The van der Waals surface area contributed by atoms with Crippen molar-refractivity contribution in [2.75, 3.05) is 6.54 Å². The molecule has 0 aliphatic carbocycles. The molecule has 0 aliphatic heterocycles. The van der Waals surface area contributed by atoms with E-state index in [0.717, 1.165) is 0 Å². The first-order valence-corrected chi connectivity index (χ1v) is 3.55. The molecule has 0 fully saturated rings. The first-order chi connectivity index (χ1) is 4.06. The summed E-state index contributed by atoms with van der Waals surface area (Å²) in [5.74, 6) is 0. The molecular formula is C6H11Cl2N. The Hall–Kier alpha value is 0.280.